The number of hydrogen-bond acceptors (Lipinski definition) is 4. The van der Waals surface area contributed by atoms with Gasteiger partial charge in [0.25, 0.3) is 0 Å². The summed E-state index contributed by atoms with van der Waals surface area (Å²) < 4.78 is 6.46. The number of hydrogen-bond donors (Lipinski definition) is 1. The number of benzene rings is 1. The summed E-state index contributed by atoms with van der Waals surface area (Å²) in [5, 5.41) is 4.04. The van der Waals surface area contributed by atoms with Gasteiger partial charge in [-0.2, -0.15) is 9.78 Å². The Morgan fingerprint density at radius 3 is 2.60 bits per heavy atom. The molecule has 0 amide bonds. The SMILES string of the molecule is Cc1cc(-c2cnn(C(=O)OC(C)(C)C)c2)ccc1N. The van der Waals surface area contributed by atoms with Crippen LogP contribution < -0.4 is 5.73 Å². The molecule has 0 spiro atoms. The van der Waals surface area contributed by atoms with Gasteiger partial charge in [0.2, 0.25) is 0 Å². The first-order valence-electron chi connectivity index (χ1n) is 6.41. The van der Waals surface area contributed by atoms with E-state index in [1.54, 1.807) is 12.4 Å². The highest BCUT2D eigenvalue weighted by molar-refractivity contribution is 5.73. The fourth-order valence-electron chi connectivity index (χ4n) is 1.74. The van der Waals surface area contributed by atoms with E-state index >= 15 is 0 Å². The molecule has 0 aliphatic carbocycles. The minimum Gasteiger partial charge on any atom is -0.442 e. The largest absolute Gasteiger partial charge is 0.442 e. The Morgan fingerprint density at radius 1 is 1.30 bits per heavy atom. The summed E-state index contributed by atoms with van der Waals surface area (Å²) in [6.45, 7) is 7.40. The van der Waals surface area contributed by atoms with Crippen molar-refractivity contribution in [2.45, 2.75) is 33.3 Å². The number of aromatic nitrogens is 2. The van der Waals surface area contributed by atoms with Crippen LogP contribution in [0.3, 0.4) is 0 Å². The van der Waals surface area contributed by atoms with Gasteiger partial charge in [0.15, 0.2) is 0 Å². The summed E-state index contributed by atoms with van der Waals surface area (Å²) in [5.74, 6) is 0. The minimum atomic E-state index is -0.541. The van der Waals surface area contributed by atoms with Crippen molar-refractivity contribution in [3.05, 3.63) is 36.2 Å². The lowest BCUT2D eigenvalue weighted by atomic mass is 10.1. The molecule has 0 aliphatic rings. The third kappa shape index (κ3) is 3.17. The molecule has 2 aromatic rings. The zero-order chi connectivity index (χ0) is 14.9. The van der Waals surface area contributed by atoms with Crippen molar-refractivity contribution in [2.24, 2.45) is 0 Å². The van der Waals surface area contributed by atoms with Gasteiger partial charge in [-0.25, -0.2) is 4.79 Å². The molecule has 2 N–H and O–H groups in total. The second-order valence-electron chi connectivity index (χ2n) is 5.73. The Kier molecular flexibility index (Phi) is 3.53. The number of anilines is 1. The molecule has 1 heterocycles. The molecule has 0 aliphatic heterocycles. The summed E-state index contributed by atoms with van der Waals surface area (Å²) in [4.78, 5) is 11.9. The Morgan fingerprint density at radius 2 is 2.00 bits per heavy atom. The molecule has 0 unspecified atom stereocenters. The monoisotopic (exact) mass is 273 g/mol. The molecule has 0 saturated carbocycles. The second kappa shape index (κ2) is 5.00. The molecule has 5 nitrogen and oxygen atoms in total. The van der Waals surface area contributed by atoms with E-state index in [2.05, 4.69) is 5.10 Å². The minimum absolute atomic E-state index is 0.490. The normalized spacial score (nSPS) is 11.4. The molecule has 0 atom stereocenters. The predicted molar refractivity (Wildman–Crippen MR) is 78.4 cm³/mol. The third-order valence-corrected chi connectivity index (χ3v) is 2.77. The van der Waals surface area contributed by atoms with Crippen LogP contribution in [0.1, 0.15) is 26.3 Å². The quantitative estimate of drug-likeness (QED) is 0.810. The van der Waals surface area contributed by atoms with Crippen LogP contribution in [-0.4, -0.2) is 21.5 Å². The van der Waals surface area contributed by atoms with Crippen LogP contribution in [0, 0.1) is 6.92 Å². The van der Waals surface area contributed by atoms with E-state index in [0.29, 0.717) is 0 Å². The molecule has 0 saturated heterocycles. The lowest BCUT2D eigenvalue weighted by molar-refractivity contribution is 0.0514. The van der Waals surface area contributed by atoms with Crippen molar-refractivity contribution >= 4 is 11.8 Å². The van der Waals surface area contributed by atoms with Gasteiger partial charge in [0.05, 0.1) is 6.20 Å². The van der Waals surface area contributed by atoms with Gasteiger partial charge in [-0.3, -0.25) is 0 Å². The van der Waals surface area contributed by atoms with Crippen molar-refractivity contribution in [2.75, 3.05) is 5.73 Å². The van der Waals surface area contributed by atoms with Crippen LogP contribution in [-0.2, 0) is 4.74 Å². The van der Waals surface area contributed by atoms with E-state index in [9.17, 15) is 4.79 Å². The van der Waals surface area contributed by atoms with Gasteiger partial charge in [-0.05, 0) is 51.0 Å². The van der Waals surface area contributed by atoms with Gasteiger partial charge >= 0.3 is 6.09 Å². The highest BCUT2D eigenvalue weighted by atomic mass is 16.6. The smallest absolute Gasteiger partial charge is 0.435 e. The maximum atomic E-state index is 11.9. The number of aryl methyl sites for hydroxylation is 1. The number of nitrogens with two attached hydrogens (primary N) is 1. The highest BCUT2D eigenvalue weighted by Crippen LogP contribution is 2.23. The first-order valence-corrected chi connectivity index (χ1v) is 6.41. The lowest BCUT2D eigenvalue weighted by Crippen LogP contribution is -2.27. The van der Waals surface area contributed by atoms with E-state index in [1.165, 1.54) is 4.68 Å². The Bertz CT molecular complexity index is 639. The van der Waals surface area contributed by atoms with Crippen LogP contribution in [0.25, 0.3) is 11.1 Å². The molecular weight excluding hydrogens is 254 g/mol. The van der Waals surface area contributed by atoms with E-state index in [-0.39, 0.29) is 0 Å². The van der Waals surface area contributed by atoms with Crippen LogP contribution in [0.2, 0.25) is 0 Å². The second-order valence-corrected chi connectivity index (χ2v) is 5.73. The van der Waals surface area contributed by atoms with Crippen LogP contribution in [0.5, 0.6) is 0 Å². The molecule has 2 rings (SSSR count). The van der Waals surface area contributed by atoms with Crippen molar-refractivity contribution in [3.63, 3.8) is 0 Å². The van der Waals surface area contributed by atoms with Crippen molar-refractivity contribution in [3.8, 4) is 11.1 Å². The molecule has 106 valence electrons. The average Bonchev–Trinajstić information content (AvgIpc) is 2.80. The molecule has 20 heavy (non-hydrogen) atoms. The first-order chi connectivity index (χ1) is 9.26. The standard InChI is InChI=1S/C15H19N3O2/c1-10-7-11(5-6-13(10)16)12-8-17-18(9-12)14(19)20-15(2,3)4/h5-9H,16H2,1-4H3. The Hall–Kier alpha value is -2.30. The molecule has 0 fully saturated rings. The van der Waals surface area contributed by atoms with E-state index in [1.807, 2.05) is 45.9 Å². The van der Waals surface area contributed by atoms with E-state index < -0.39 is 11.7 Å². The van der Waals surface area contributed by atoms with E-state index in [0.717, 1.165) is 22.4 Å². The van der Waals surface area contributed by atoms with E-state index in [4.69, 9.17) is 10.5 Å². The molecule has 1 aromatic carbocycles. The summed E-state index contributed by atoms with van der Waals surface area (Å²) in [7, 11) is 0. The van der Waals surface area contributed by atoms with Gasteiger partial charge in [0.1, 0.15) is 5.60 Å². The summed E-state index contributed by atoms with van der Waals surface area (Å²) in [6, 6.07) is 5.71. The van der Waals surface area contributed by atoms with Crippen molar-refractivity contribution in [1.82, 2.24) is 9.78 Å². The fourth-order valence-corrected chi connectivity index (χ4v) is 1.74. The molecule has 0 radical (unpaired) electrons. The third-order valence-electron chi connectivity index (χ3n) is 2.77. The summed E-state index contributed by atoms with van der Waals surface area (Å²) in [5.41, 5.74) is 8.80. The number of carbonyl (C=O) groups excluding carboxylic acids is 1. The Balaban J connectivity index is 2.24. The molecule has 1 aromatic heterocycles. The Labute approximate surface area is 118 Å². The van der Waals surface area contributed by atoms with Crippen LogP contribution in [0.15, 0.2) is 30.6 Å². The summed E-state index contributed by atoms with van der Waals surface area (Å²) in [6.07, 6.45) is 2.80. The topological polar surface area (TPSA) is 70.1 Å². The molecular formula is C15H19N3O2. The number of nitrogen functional groups attached to an aromatic ring is 1. The zero-order valence-electron chi connectivity index (χ0n) is 12.2. The highest BCUT2D eigenvalue weighted by Gasteiger charge is 2.18. The number of rotatable bonds is 1. The van der Waals surface area contributed by atoms with Crippen LogP contribution in [0.4, 0.5) is 10.5 Å². The van der Waals surface area contributed by atoms with Gasteiger partial charge < -0.3 is 10.5 Å². The fraction of sp³-hybridized carbons (Fsp3) is 0.333. The predicted octanol–water partition coefficient (Wildman–Crippen LogP) is 3.22. The molecule has 5 heteroatoms. The van der Waals surface area contributed by atoms with Crippen molar-refractivity contribution < 1.29 is 9.53 Å². The zero-order valence-corrected chi connectivity index (χ0v) is 12.2. The van der Waals surface area contributed by atoms with Gasteiger partial charge in [-0.15, -0.1) is 0 Å². The maximum absolute atomic E-state index is 11.9. The first kappa shape index (κ1) is 14.1. The number of ether oxygens (including phenoxy) is 1. The molecule has 0 bridgehead atoms. The number of carbonyl (C=O) groups is 1. The van der Waals surface area contributed by atoms with Gasteiger partial charge in [0, 0.05) is 17.4 Å². The van der Waals surface area contributed by atoms with Crippen molar-refractivity contribution in [1.29, 1.82) is 0 Å². The lowest BCUT2D eigenvalue weighted by Gasteiger charge is -2.18. The average molecular weight is 273 g/mol. The van der Waals surface area contributed by atoms with Gasteiger partial charge in [-0.1, -0.05) is 6.07 Å². The maximum Gasteiger partial charge on any atom is 0.435 e. The van der Waals surface area contributed by atoms with Crippen LogP contribution >= 0.6 is 0 Å². The number of nitrogens with zero attached hydrogens (tertiary/aromatic N) is 2. The summed E-state index contributed by atoms with van der Waals surface area (Å²) >= 11 is 0.